The molecule has 0 nitrogen and oxygen atoms in total. The second kappa shape index (κ2) is 5.63. The van der Waals surface area contributed by atoms with Crippen LogP contribution in [-0.2, 0) is 6.42 Å². The van der Waals surface area contributed by atoms with Gasteiger partial charge in [-0.3, -0.25) is 0 Å². The van der Waals surface area contributed by atoms with Crippen molar-refractivity contribution < 1.29 is 0 Å². The Bertz CT molecular complexity index is 556. The highest BCUT2D eigenvalue weighted by molar-refractivity contribution is 6.30. The topological polar surface area (TPSA) is 0 Å². The molecule has 2 aromatic carbocycles. The monoisotopic (exact) mass is 268 g/mol. The maximum atomic E-state index is 5.91. The lowest BCUT2D eigenvalue weighted by molar-refractivity contribution is 0.567. The molecule has 96 valence electrons. The molecule has 3 rings (SSSR count). The zero-order valence-corrected chi connectivity index (χ0v) is 11.6. The lowest BCUT2D eigenvalue weighted by atomic mass is 9.95. The minimum Gasteiger partial charge on any atom is -0.0882 e. The van der Waals surface area contributed by atoms with Crippen LogP contribution in [0, 0.1) is 5.92 Å². The van der Waals surface area contributed by atoms with Gasteiger partial charge in [0.15, 0.2) is 0 Å². The maximum absolute atomic E-state index is 5.91. The molecule has 0 unspecified atom stereocenters. The first-order valence-electron chi connectivity index (χ1n) is 6.81. The molecule has 0 aromatic heterocycles. The molecule has 0 heterocycles. The fourth-order valence-corrected chi connectivity index (χ4v) is 2.78. The van der Waals surface area contributed by atoms with Crippen molar-refractivity contribution in [2.45, 2.75) is 19.3 Å². The Morgan fingerprint density at radius 2 is 1.32 bits per heavy atom. The molecule has 0 atom stereocenters. The highest BCUT2D eigenvalue weighted by Gasteiger charge is 2.10. The summed E-state index contributed by atoms with van der Waals surface area (Å²) >= 11 is 5.91. The van der Waals surface area contributed by atoms with E-state index in [2.05, 4.69) is 48.6 Å². The third-order valence-electron chi connectivity index (χ3n) is 3.76. The molecule has 0 aliphatic heterocycles. The van der Waals surface area contributed by atoms with Gasteiger partial charge < -0.3 is 0 Å². The van der Waals surface area contributed by atoms with E-state index in [-0.39, 0.29) is 0 Å². The predicted octanol–water partition coefficient (Wildman–Crippen LogP) is 5.52. The second-order valence-electron chi connectivity index (χ2n) is 5.22. The van der Waals surface area contributed by atoms with Gasteiger partial charge in [-0.25, -0.2) is 0 Å². The van der Waals surface area contributed by atoms with Gasteiger partial charge in [0.05, 0.1) is 0 Å². The minimum atomic E-state index is 0.786. The highest BCUT2D eigenvalue weighted by Crippen LogP contribution is 2.25. The summed E-state index contributed by atoms with van der Waals surface area (Å²) in [5.74, 6) is 0.807. The summed E-state index contributed by atoms with van der Waals surface area (Å²) in [4.78, 5) is 0. The summed E-state index contributed by atoms with van der Waals surface area (Å²) in [6.07, 6.45) is 8.26. The number of hydrogen-bond acceptors (Lipinski definition) is 0. The molecule has 1 aliphatic rings. The van der Waals surface area contributed by atoms with E-state index in [0.29, 0.717) is 0 Å². The average molecular weight is 269 g/mol. The highest BCUT2D eigenvalue weighted by atomic mass is 35.5. The van der Waals surface area contributed by atoms with Crippen LogP contribution in [0.3, 0.4) is 0 Å². The van der Waals surface area contributed by atoms with E-state index in [9.17, 15) is 0 Å². The van der Waals surface area contributed by atoms with Gasteiger partial charge in [0.1, 0.15) is 0 Å². The molecule has 1 aliphatic carbocycles. The summed E-state index contributed by atoms with van der Waals surface area (Å²) in [5, 5.41) is 0.786. The van der Waals surface area contributed by atoms with Crippen molar-refractivity contribution in [2.24, 2.45) is 5.92 Å². The van der Waals surface area contributed by atoms with Gasteiger partial charge in [0.25, 0.3) is 0 Å². The molecule has 0 N–H and O–H groups in total. The van der Waals surface area contributed by atoms with Crippen LogP contribution in [0.25, 0.3) is 11.1 Å². The summed E-state index contributed by atoms with van der Waals surface area (Å²) < 4.78 is 0. The van der Waals surface area contributed by atoms with E-state index < -0.39 is 0 Å². The van der Waals surface area contributed by atoms with Crippen molar-refractivity contribution in [1.29, 1.82) is 0 Å². The molecule has 0 amide bonds. The fraction of sp³-hybridized carbons (Fsp3) is 0.222. The van der Waals surface area contributed by atoms with Crippen LogP contribution in [-0.4, -0.2) is 0 Å². The number of rotatable bonds is 3. The van der Waals surface area contributed by atoms with Crippen LogP contribution in [0.15, 0.2) is 60.7 Å². The van der Waals surface area contributed by atoms with Crippen molar-refractivity contribution in [3.05, 3.63) is 71.3 Å². The Morgan fingerprint density at radius 3 is 1.89 bits per heavy atom. The minimum absolute atomic E-state index is 0.786. The van der Waals surface area contributed by atoms with Gasteiger partial charge in [-0.1, -0.05) is 60.2 Å². The molecule has 0 radical (unpaired) electrons. The molecule has 0 saturated heterocycles. The van der Waals surface area contributed by atoms with Crippen LogP contribution in [0.5, 0.6) is 0 Å². The van der Waals surface area contributed by atoms with Gasteiger partial charge in [-0.15, -0.1) is 0 Å². The van der Waals surface area contributed by atoms with Crippen molar-refractivity contribution >= 4 is 11.6 Å². The SMILES string of the molecule is Clc1ccc(-c2ccc(CC3CC=CC3)cc2)cc1. The van der Waals surface area contributed by atoms with Crippen molar-refractivity contribution in [3.8, 4) is 11.1 Å². The first-order chi connectivity index (χ1) is 9.31. The largest absolute Gasteiger partial charge is 0.0882 e. The number of hydrogen-bond donors (Lipinski definition) is 0. The summed E-state index contributed by atoms with van der Waals surface area (Å²) in [6, 6.07) is 16.9. The van der Waals surface area contributed by atoms with E-state index in [0.717, 1.165) is 10.9 Å². The molecule has 0 fully saturated rings. The van der Waals surface area contributed by atoms with Crippen molar-refractivity contribution in [1.82, 2.24) is 0 Å². The lowest BCUT2D eigenvalue weighted by Crippen LogP contribution is -1.98. The predicted molar refractivity (Wildman–Crippen MR) is 82.5 cm³/mol. The molecular formula is C18H17Cl. The van der Waals surface area contributed by atoms with E-state index in [4.69, 9.17) is 11.6 Å². The van der Waals surface area contributed by atoms with Crippen molar-refractivity contribution in [3.63, 3.8) is 0 Å². The second-order valence-corrected chi connectivity index (χ2v) is 5.65. The van der Waals surface area contributed by atoms with E-state index >= 15 is 0 Å². The van der Waals surface area contributed by atoms with Gasteiger partial charge in [0.2, 0.25) is 0 Å². The normalized spacial score (nSPS) is 15.0. The number of allylic oxidation sites excluding steroid dienone is 2. The quantitative estimate of drug-likeness (QED) is 0.644. The van der Waals surface area contributed by atoms with Crippen LogP contribution in [0.2, 0.25) is 5.02 Å². The number of halogens is 1. The van der Waals surface area contributed by atoms with E-state index in [1.165, 1.54) is 36.0 Å². The summed E-state index contributed by atoms with van der Waals surface area (Å²) in [7, 11) is 0. The molecule has 0 bridgehead atoms. The van der Waals surface area contributed by atoms with E-state index in [1.54, 1.807) is 0 Å². The lowest BCUT2D eigenvalue weighted by Gasteiger charge is -2.09. The Balaban J connectivity index is 1.73. The van der Waals surface area contributed by atoms with Gasteiger partial charge >= 0.3 is 0 Å². The van der Waals surface area contributed by atoms with Crippen molar-refractivity contribution in [2.75, 3.05) is 0 Å². The molecule has 2 aromatic rings. The van der Waals surface area contributed by atoms with Crippen LogP contribution < -0.4 is 0 Å². The Kier molecular flexibility index (Phi) is 3.70. The Hall–Kier alpha value is -1.53. The van der Waals surface area contributed by atoms with Gasteiger partial charge in [-0.05, 0) is 54.0 Å². The molecule has 19 heavy (non-hydrogen) atoms. The van der Waals surface area contributed by atoms with Crippen LogP contribution in [0.1, 0.15) is 18.4 Å². The Labute approximate surface area is 119 Å². The van der Waals surface area contributed by atoms with Gasteiger partial charge in [0, 0.05) is 5.02 Å². The fourth-order valence-electron chi connectivity index (χ4n) is 2.65. The third-order valence-corrected chi connectivity index (χ3v) is 4.01. The van der Waals surface area contributed by atoms with Gasteiger partial charge in [-0.2, -0.15) is 0 Å². The molecule has 1 heteroatoms. The molecular weight excluding hydrogens is 252 g/mol. The average Bonchev–Trinajstić information content (AvgIpc) is 2.94. The summed E-state index contributed by atoms with van der Waals surface area (Å²) in [6.45, 7) is 0. The zero-order chi connectivity index (χ0) is 13.1. The van der Waals surface area contributed by atoms with E-state index in [1.807, 2.05) is 12.1 Å². The van der Waals surface area contributed by atoms with Crippen LogP contribution >= 0.6 is 11.6 Å². The first-order valence-corrected chi connectivity index (χ1v) is 7.19. The molecule has 0 saturated carbocycles. The standard InChI is InChI=1S/C18H17Cl/c19-18-11-9-17(10-12-18)16-7-5-15(6-8-16)13-14-3-1-2-4-14/h1-2,5-12,14H,3-4,13H2. The smallest absolute Gasteiger partial charge is 0.0406 e. The zero-order valence-electron chi connectivity index (χ0n) is 10.9. The maximum Gasteiger partial charge on any atom is 0.0406 e. The summed E-state index contributed by atoms with van der Waals surface area (Å²) in [5.41, 5.74) is 3.91. The third kappa shape index (κ3) is 3.08. The van der Waals surface area contributed by atoms with Crippen LogP contribution in [0.4, 0.5) is 0 Å². The number of benzene rings is 2. The Morgan fingerprint density at radius 1 is 0.789 bits per heavy atom. The molecule has 0 spiro atoms. The first kappa shape index (κ1) is 12.5.